The summed E-state index contributed by atoms with van der Waals surface area (Å²) in [6.07, 6.45) is 1.11. The van der Waals surface area contributed by atoms with Crippen LogP contribution in [0.25, 0.3) is 0 Å². The van der Waals surface area contributed by atoms with Crippen molar-refractivity contribution in [1.82, 2.24) is 0 Å². The molecule has 0 fully saturated rings. The van der Waals surface area contributed by atoms with Crippen molar-refractivity contribution in [3.63, 3.8) is 0 Å². The Labute approximate surface area is 105 Å². The van der Waals surface area contributed by atoms with Crippen LogP contribution in [0.2, 0.25) is 0 Å². The molecule has 0 aliphatic carbocycles. The largest absolute Gasteiger partial charge is 0.534 e. The van der Waals surface area contributed by atoms with Crippen LogP contribution in [-0.2, 0) is 14.9 Å². The maximum Gasteiger partial charge on any atom is 0.534 e. The number of carbonyl (C=O) groups is 1. The second-order valence-electron chi connectivity index (χ2n) is 2.99. The van der Waals surface area contributed by atoms with Crippen LogP contribution >= 0.6 is 0 Å². The average Bonchev–Trinajstić information content (AvgIpc) is 2.28. The number of benzene rings is 1. The van der Waals surface area contributed by atoms with Crippen molar-refractivity contribution in [3.8, 4) is 12.0 Å². The minimum Gasteiger partial charge on any atom is -0.376 e. The first-order valence-electron chi connectivity index (χ1n) is 4.38. The van der Waals surface area contributed by atoms with E-state index in [1.54, 1.807) is 0 Å². The predicted molar refractivity (Wildman–Crippen MR) is 53.1 cm³/mol. The lowest BCUT2D eigenvalue weighted by Gasteiger charge is -2.09. The minimum absolute atomic E-state index is 0.154. The summed E-state index contributed by atoms with van der Waals surface area (Å²) in [6.45, 7) is 0. The number of nitrogens with zero attached hydrogens (tertiary/aromatic N) is 1. The van der Waals surface area contributed by atoms with Gasteiger partial charge in [0, 0.05) is 0 Å². The Morgan fingerprint density at radius 1 is 1.21 bits per heavy atom. The van der Waals surface area contributed by atoms with E-state index in [4.69, 9.17) is 5.26 Å². The highest BCUT2D eigenvalue weighted by Gasteiger charge is 2.48. The summed E-state index contributed by atoms with van der Waals surface area (Å²) < 4.78 is 65.1. The zero-order valence-corrected chi connectivity index (χ0v) is 9.66. The van der Waals surface area contributed by atoms with E-state index in [-0.39, 0.29) is 5.56 Å². The summed E-state index contributed by atoms with van der Waals surface area (Å²) in [5.41, 5.74) is -5.70. The van der Waals surface area contributed by atoms with Crippen LogP contribution in [0.5, 0.6) is 5.75 Å². The third-order valence-electron chi connectivity index (χ3n) is 1.72. The van der Waals surface area contributed by atoms with Crippen LogP contribution in [0, 0.1) is 11.5 Å². The molecule has 6 nitrogen and oxygen atoms in total. The molecule has 0 aliphatic rings. The van der Waals surface area contributed by atoms with Crippen molar-refractivity contribution in [1.29, 1.82) is 5.26 Å². The van der Waals surface area contributed by atoms with Gasteiger partial charge in [0.15, 0.2) is 0 Å². The molecule has 0 saturated carbocycles. The lowest BCUT2D eigenvalue weighted by Crippen LogP contribution is -2.28. The Kier molecular flexibility index (Phi) is 4.01. The second-order valence-corrected chi connectivity index (χ2v) is 4.53. The molecule has 1 rings (SSSR count). The molecule has 0 saturated heterocycles. The Balaban J connectivity index is 2.91. The fraction of sp³-hybridized carbons (Fsp3) is 0.111. The van der Waals surface area contributed by atoms with Gasteiger partial charge in [0.1, 0.15) is 5.75 Å². The van der Waals surface area contributed by atoms with Gasteiger partial charge in [-0.1, -0.05) is 0 Å². The maximum atomic E-state index is 12.0. The van der Waals surface area contributed by atoms with Gasteiger partial charge < -0.3 is 8.92 Å². The molecule has 0 amide bonds. The molecule has 0 aromatic heterocycles. The number of alkyl halides is 3. The molecule has 0 aliphatic heterocycles. The van der Waals surface area contributed by atoms with E-state index in [1.807, 2.05) is 0 Å². The maximum absolute atomic E-state index is 12.0. The van der Waals surface area contributed by atoms with E-state index in [2.05, 4.69) is 8.92 Å². The molecule has 0 spiro atoms. The van der Waals surface area contributed by atoms with E-state index in [0.717, 1.165) is 30.5 Å². The number of ether oxygens (including phenoxy) is 1. The van der Waals surface area contributed by atoms with Crippen molar-refractivity contribution >= 4 is 16.1 Å². The summed E-state index contributed by atoms with van der Waals surface area (Å²) >= 11 is 0. The van der Waals surface area contributed by atoms with Crippen molar-refractivity contribution in [3.05, 3.63) is 29.8 Å². The van der Waals surface area contributed by atoms with Crippen LogP contribution in [-0.4, -0.2) is 19.9 Å². The van der Waals surface area contributed by atoms with E-state index >= 15 is 0 Å². The quantitative estimate of drug-likeness (QED) is 0.363. The first-order valence-corrected chi connectivity index (χ1v) is 5.79. The Morgan fingerprint density at radius 2 is 1.74 bits per heavy atom. The summed E-state index contributed by atoms with van der Waals surface area (Å²) in [5.74, 6) is -1.67. The highest BCUT2D eigenvalue weighted by atomic mass is 32.2. The van der Waals surface area contributed by atoms with Gasteiger partial charge in [0.05, 0.1) is 5.56 Å². The normalized spacial score (nSPS) is 11.5. The average molecular weight is 295 g/mol. The molecule has 0 radical (unpaired) electrons. The van der Waals surface area contributed by atoms with E-state index in [1.165, 1.54) is 0 Å². The van der Waals surface area contributed by atoms with Gasteiger partial charge in [-0.05, 0) is 24.3 Å². The Bertz CT molecular complexity index is 615. The molecule has 0 bridgehead atoms. The molecule has 0 N–H and O–H groups in total. The van der Waals surface area contributed by atoms with Crippen molar-refractivity contribution in [2.24, 2.45) is 0 Å². The third-order valence-corrected chi connectivity index (χ3v) is 2.70. The highest BCUT2D eigenvalue weighted by molar-refractivity contribution is 7.87. The fourth-order valence-corrected chi connectivity index (χ4v) is 1.38. The molecule has 1 aromatic carbocycles. The van der Waals surface area contributed by atoms with Crippen LogP contribution in [0.1, 0.15) is 10.4 Å². The zero-order valence-electron chi connectivity index (χ0n) is 8.84. The molecule has 1 aromatic rings. The zero-order chi connectivity index (χ0) is 14.7. The van der Waals surface area contributed by atoms with Gasteiger partial charge in [-0.15, -0.1) is 5.26 Å². The van der Waals surface area contributed by atoms with Gasteiger partial charge in [-0.25, -0.2) is 4.79 Å². The molecule has 19 heavy (non-hydrogen) atoms. The number of nitriles is 1. The number of esters is 1. The third kappa shape index (κ3) is 3.59. The first-order chi connectivity index (χ1) is 8.67. The minimum atomic E-state index is -5.76. The second kappa shape index (κ2) is 5.15. The summed E-state index contributed by atoms with van der Waals surface area (Å²) in [6, 6.07) is 3.52. The van der Waals surface area contributed by atoms with Crippen LogP contribution in [0.3, 0.4) is 0 Å². The standard InChI is InChI=1S/C9H4F3NO5S/c10-9(11,12)19(15,16)18-7-3-1-6(2-4-7)8(14)17-5-13/h1-4H. The van der Waals surface area contributed by atoms with Crippen molar-refractivity contribution in [2.45, 2.75) is 5.51 Å². The molecule has 102 valence electrons. The molecule has 0 heterocycles. The summed E-state index contributed by atoms with van der Waals surface area (Å²) in [7, 11) is -5.76. The molecule has 10 heteroatoms. The smallest absolute Gasteiger partial charge is 0.376 e. The summed E-state index contributed by atoms with van der Waals surface area (Å²) in [5, 5.41) is 8.07. The van der Waals surface area contributed by atoms with E-state index < -0.39 is 27.3 Å². The van der Waals surface area contributed by atoms with Crippen molar-refractivity contribution in [2.75, 3.05) is 0 Å². The first kappa shape index (κ1) is 14.8. The van der Waals surface area contributed by atoms with Gasteiger partial charge in [-0.2, -0.15) is 21.6 Å². The Morgan fingerprint density at radius 3 is 2.16 bits per heavy atom. The number of rotatable bonds is 3. The van der Waals surface area contributed by atoms with E-state index in [9.17, 15) is 26.4 Å². The van der Waals surface area contributed by atoms with Crippen LogP contribution in [0.15, 0.2) is 24.3 Å². The number of halogens is 3. The molecule has 0 atom stereocenters. The van der Waals surface area contributed by atoms with Gasteiger partial charge in [0.2, 0.25) is 0 Å². The number of hydrogen-bond acceptors (Lipinski definition) is 6. The fourth-order valence-electron chi connectivity index (χ4n) is 0.921. The number of carbonyl (C=O) groups excluding carboxylic acids is 1. The Hall–Kier alpha value is -2.28. The monoisotopic (exact) mass is 295 g/mol. The lowest BCUT2D eigenvalue weighted by atomic mass is 10.2. The molecule has 0 unspecified atom stereocenters. The van der Waals surface area contributed by atoms with Crippen LogP contribution in [0.4, 0.5) is 13.2 Å². The van der Waals surface area contributed by atoms with Crippen molar-refractivity contribution < 1.29 is 35.3 Å². The SMILES string of the molecule is N#COC(=O)c1ccc(OS(=O)(=O)C(F)(F)F)cc1. The van der Waals surface area contributed by atoms with Gasteiger partial charge in [-0.3, -0.25) is 0 Å². The topological polar surface area (TPSA) is 93.5 Å². The number of hydrogen-bond donors (Lipinski definition) is 0. The van der Waals surface area contributed by atoms with E-state index in [0.29, 0.717) is 0 Å². The van der Waals surface area contributed by atoms with Gasteiger partial charge in [0.25, 0.3) is 6.26 Å². The van der Waals surface area contributed by atoms with Gasteiger partial charge >= 0.3 is 21.6 Å². The molecular formula is C9H4F3NO5S. The highest BCUT2D eigenvalue weighted by Crippen LogP contribution is 2.26. The molecular weight excluding hydrogens is 291 g/mol. The summed E-state index contributed by atoms with van der Waals surface area (Å²) in [4.78, 5) is 11.0. The predicted octanol–water partition coefficient (Wildman–Crippen LogP) is 1.55. The lowest BCUT2D eigenvalue weighted by molar-refractivity contribution is -0.0500. The van der Waals surface area contributed by atoms with Crippen LogP contribution < -0.4 is 4.18 Å².